The molecule has 0 fully saturated rings. The molecule has 1 unspecified atom stereocenters. The first-order valence-electron chi connectivity index (χ1n) is 9.89. The Morgan fingerprint density at radius 3 is 2.68 bits per heavy atom. The van der Waals surface area contributed by atoms with Crippen LogP contribution in [0, 0.1) is 17.1 Å². The first-order valence-corrected chi connectivity index (χ1v) is 9.89. The van der Waals surface area contributed by atoms with Crippen LogP contribution in [0.2, 0.25) is 0 Å². The number of rotatable bonds is 6. The molecule has 0 aliphatic carbocycles. The molecule has 0 bridgehead atoms. The summed E-state index contributed by atoms with van der Waals surface area (Å²) in [4.78, 5) is 0. The van der Waals surface area contributed by atoms with Gasteiger partial charge in [0.25, 0.3) is 0 Å². The second-order valence-corrected chi connectivity index (χ2v) is 6.79. The molecule has 0 saturated heterocycles. The van der Waals surface area contributed by atoms with Crippen molar-refractivity contribution in [2.75, 3.05) is 13.2 Å². The summed E-state index contributed by atoms with van der Waals surface area (Å²) < 4.78 is 31.8. The zero-order chi connectivity index (χ0) is 22.0. The van der Waals surface area contributed by atoms with Crippen LogP contribution in [0.3, 0.4) is 0 Å². The number of benzene rings is 2. The Morgan fingerprint density at radius 1 is 1.19 bits per heavy atom. The van der Waals surface area contributed by atoms with E-state index in [1.165, 1.54) is 6.07 Å². The van der Waals surface area contributed by atoms with Gasteiger partial charge in [0.1, 0.15) is 29.0 Å². The van der Waals surface area contributed by atoms with E-state index >= 15 is 0 Å². The van der Waals surface area contributed by atoms with Crippen molar-refractivity contribution in [3.05, 3.63) is 70.9 Å². The largest absolute Gasteiger partial charge is 0.494 e. The van der Waals surface area contributed by atoms with Gasteiger partial charge >= 0.3 is 0 Å². The van der Waals surface area contributed by atoms with Crippen LogP contribution >= 0.6 is 0 Å². The number of fused-ring (bicyclic) bond motifs is 1. The van der Waals surface area contributed by atoms with Gasteiger partial charge in [-0.1, -0.05) is 18.2 Å². The van der Waals surface area contributed by atoms with Gasteiger partial charge in [-0.05, 0) is 32.0 Å². The third-order valence-corrected chi connectivity index (χ3v) is 4.99. The zero-order valence-electron chi connectivity index (χ0n) is 17.1. The molecule has 1 aromatic heterocycles. The third-order valence-electron chi connectivity index (χ3n) is 4.99. The number of nitrogens with two attached hydrogens (primary N) is 1. The Kier molecular flexibility index (Phi) is 5.50. The quantitative estimate of drug-likeness (QED) is 0.618. The van der Waals surface area contributed by atoms with Crippen molar-refractivity contribution >= 4 is 0 Å². The molecule has 2 heterocycles. The molecule has 1 aliphatic rings. The third kappa shape index (κ3) is 3.55. The lowest BCUT2D eigenvalue weighted by molar-refractivity contribution is 0.324. The van der Waals surface area contributed by atoms with Gasteiger partial charge in [0, 0.05) is 17.2 Å². The number of ether oxygens (including phenoxy) is 3. The van der Waals surface area contributed by atoms with Gasteiger partial charge in [-0.25, -0.2) is 4.39 Å². The lowest BCUT2D eigenvalue weighted by atomic mass is 9.82. The van der Waals surface area contributed by atoms with Crippen LogP contribution in [0.1, 0.15) is 30.9 Å². The van der Waals surface area contributed by atoms with E-state index in [4.69, 9.17) is 19.9 Å². The normalized spacial score (nSPS) is 15.1. The van der Waals surface area contributed by atoms with Crippen LogP contribution in [-0.2, 0) is 0 Å². The standard InChI is InChI=1S/C23H21FN4O3/c1-3-29-13-9-10-15(18(11-13)30-4-2)21-20-19(14-7-5-6-8-17(14)24)16(12-25)22(26)31-23(20)28-27-21/h5-11,19H,3-4,26H2,1-2H3,(H,27,28). The minimum absolute atomic E-state index is 0.0990. The Hall–Kier alpha value is -3.99. The highest BCUT2D eigenvalue weighted by Gasteiger charge is 2.37. The topological polar surface area (TPSA) is 106 Å². The second kappa shape index (κ2) is 8.40. The molecule has 0 saturated carbocycles. The summed E-state index contributed by atoms with van der Waals surface area (Å²) in [5.41, 5.74) is 8.14. The number of aromatic nitrogens is 2. The van der Waals surface area contributed by atoms with Crippen LogP contribution in [0.25, 0.3) is 11.3 Å². The van der Waals surface area contributed by atoms with Crippen molar-refractivity contribution in [3.63, 3.8) is 0 Å². The molecule has 3 aromatic rings. The summed E-state index contributed by atoms with van der Waals surface area (Å²) in [6.45, 7) is 4.73. The van der Waals surface area contributed by atoms with E-state index in [0.717, 1.165) is 0 Å². The lowest BCUT2D eigenvalue weighted by Crippen LogP contribution is -2.21. The van der Waals surface area contributed by atoms with Gasteiger partial charge < -0.3 is 19.9 Å². The number of nitriles is 1. The summed E-state index contributed by atoms with van der Waals surface area (Å²) in [5, 5.41) is 17.0. The number of nitrogens with one attached hydrogen (secondary N) is 1. The number of aromatic amines is 1. The van der Waals surface area contributed by atoms with Crippen molar-refractivity contribution in [3.8, 4) is 34.7 Å². The maximum atomic E-state index is 14.8. The summed E-state index contributed by atoms with van der Waals surface area (Å²) in [6, 6.07) is 13.8. The van der Waals surface area contributed by atoms with E-state index in [9.17, 15) is 9.65 Å². The molecular weight excluding hydrogens is 399 g/mol. The number of nitrogens with zero attached hydrogens (tertiary/aromatic N) is 2. The van der Waals surface area contributed by atoms with E-state index in [1.807, 2.05) is 26.0 Å². The molecule has 1 atom stereocenters. The first-order chi connectivity index (χ1) is 15.1. The number of hydrogen-bond acceptors (Lipinski definition) is 6. The van der Waals surface area contributed by atoms with Crippen LogP contribution in [-0.4, -0.2) is 23.4 Å². The van der Waals surface area contributed by atoms with Crippen LogP contribution < -0.4 is 19.9 Å². The van der Waals surface area contributed by atoms with E-state index in [-0.39, 0.29) is 17.3 Å². The van der Waals surface area contributed by atoms with Crippen molar-refractivity contribution in [2.45, 2.75) is 19.8 Å². The molecular formula is C23H21FN4O3. The van der Waals surface area contributed by atoms with Crippen molar-refractivity contribution in [2.24, 2.45) is 5.73 Å². The highest BCUT2D eigenvalue weighted by atomic mass is 19.1. The molecule has 4 rings (SSSR count). The maximum Gasteiger partial charge on any atom is 0.244 e. The number of H-pyrrole nitrogens is 1. The van der Waals surface area contributed by atoms with Crippen LogP contribution in [0.15, 0.2) is 53.9 Å². The summed E-state index contributed by atoms with van der Waals surface area (Å²) in [6.07, 6.45) is 0. The Balaban J connectivity index is 1.94. The molecule has 8 heteroatoms. The van der Waals surface area contributed by atoms with E-state index < -0.39 is 11.7 Å². The van der Waals surface area contributed by atoms with Gasteiger partial charge in [-0.2, -0.15) is 5.26 Å². The van der Waals surface area contributed by atoms with Gasteiger partial charge in [0.2, 0.25) is 11.8 Å². The SMILES string of the molecule is CCOc1ccc(-c2[nH]nc3c2C(c2ccccc2F)C(C#N)=C(N)O3)c(OCC)c1. The summed E-state index contributed by atoms with van der Waals surface area (Å²) >= 11 is 0. The summed E-state index contributed by atoms with van der Waals surface area (Å²) in [5.74, 6) is 0.0729. The highest BCUT2D eigenvalue weighted by Crippen LogP contribution is 2.48. The Morgan fingerprint density at radius 2 is 1.97 bits per heavy atom. The van der Waals surface area contributed by atoms with Crippen LogP contribution in [0.4, 0.5) is 4.39 Å². The van der Waals surface area contributed by atoms with Gasteiger partial charge in [0.15, 0.2) is 0 Å². The Bertz CT molecular complexity index is 1200. The lowest BCUT2D eigenvalue weighted by Gasteiger charge is -2.24. The van der Waals surface area contributed by atoms with Crippen molar-refractivity contribution in [1.82, 2.24) is 10.2 Å². The minimum atomic E-state index is -0.787. The summed E-state index contributed by atoms with van der Waals surface area (Å²) in [7, 11) is 0. The zero-order valence-corrected chi connectivity index (χ0v) is 17.1. The molecule has 1 aliphatic heterocycles. The smallest absolute Gasteiger partial charge is 0.244 e. The van der Waals surface area contributed by atoms with E-state index in [1.54, 1.807) is 24.3 Å². The fourth-order valence-corrected chi connectivity index (χ4v) is 3.71. The van der Waals surface area contributed by atoms with Crippen LogP contribution in [0.5, 0.6) is 17.4 Å². The molecule has 0 spiro atoms. The predicted octanol–water partition coefficient (Wildman–Crippen LogP) is 4.23. The molecule has 158 valence electrons. The van der Waals surface area contributed by atoms with Crippen molar-refractivity contribution in [1.29, 1.82) is 5.26 Å². The maximum absolute atomic E-state index is 14.8. The van der Waals surface area contributed by atoms with E-state index in [2.05, 4.69) is 16.3 Å². The van der Waals surface area contributed by atoms with Crippen molar-refractivity contribution < 1.29 is 18.6 Å². The molecule has 2 aromatic carbocycles. The average molecular weight is 420 g/mol. The van der Waals surface area contributed by atoms with Gasteiger partial charge in [0.05, 0.1) is 30.4 Å². The monoisotopic (exact) mass is 420 g/mol. The molecule has 0 radical (unpaired) electrons. The first kappa shape index (κ1) is 20.3. The molecule has 7 nitrogen and oxygen atoms in total. The fourth-order valence-electron chi connectivity index (χ4n) is 3.71. The molecule has 0 amide bonds. The second-order valence-electron chi connectivity index (χ2n) is 6.79. The number of hydrogen-bond donors (Lipinski definition) is 2. The minimum Gasteiger partial charge on any atom is -0.494 e. The van der Waals surface area contributed by atoms with E-state index in [0.29, 0.717) is 47.1 Å². The molecule has 31 heavy (non-hydrogen) atoms. The Labute approximate surface area is 178 Å². The van der Waals surface area contributed by atoms with Gasteiger partial charge in [-0.15, -0.1) is 5.10 Å². The average Bonchev–Trinajstić information content (AvgIpc) is 3.17. The molecule has 3 N–H and O–H groups in total. The number of halogens is 1. The highest BCUT2D eigenvalue weighted by molar-refractivity contribution is 5.76. The fraction of sp³-hybridized carbons (Fsp3) is 0.217. The van der Waals surface area contributed by atoms with Gasteiger partial charge in [-0.3, -0.25) is 5.10 Å². The number of allylic oxidation sites excluding steroid dienone is 1. The predicted molar refractivity (Wildman–Crippen MR) is 112 cm³/mol.